The maximum absolute atomic E-state index is 13.4. The van der Waals surface area contributed by atoms with E-state index in [0.29, 0.717) is 25.6 Å². The average molecular weight is 241 g/mol. The first-order valence-corrected chi connectivity index (χ1v) is 5.47. The topological polar surface area (TPSA) is 40.5 Å². The molecule has 92 valence electrons. The van der Waals surface area contributed by atoms with Gasteiger partial charge in [-0.2, -0.15) is 0 Å². The van der Waals surface area contributed by atoms with E-state index in [1.165, 1.54) is 4.90 Å². The fourth-order valence-electron chi connectivity index (χ4n) is 2.00. The molecule has 1 N–H and O–H groups in total. The van der Waals surface area contributed by atoms with Crippen LogP contribution in [-0.4, -0.2) is 35.6 Å². The standard InChI is InChI=1S/C12H13F2NO2/c13-9-1-2-10(11(14)5-9)12(17)15-4-3-8(6-15)7-16/h1-2,5,8,16H,3-4,6-7H2/t8-/m1/s1. The van der Waals surface area contributed by atoms with Gasteiger partial charge in [-0.15, -0.1) is 0 Å². The highest BCUT2D eigenvalue weighted by Crippen LogP contribution is 2.19. The molecule has 0 aliphatic carbocycles. The number of aliphatic hydroxyl groups excluding tert-OH is 1. The zero-order valence-corrected chi connectivity index (χ0v) is 9.20. The summed E-state index contributed by atoms with van der Waals surface area (Å²) in [6.45, 7) is 0.947. The molecule has 1 aliphatic rings. The van der Waals surface area contributed by atoms with Gasteiger partial charge in [0.1, 0.15) is 11.6 Å². The molecule has 1 heterocycles. The Kier molecular flexibility index (Phi) is 3.38. The Morgan fingerprint density at radius 1 is 1.47 bits per heavy atom. The summed E-state index contributed by atoms with van der Waals surface area (Å²) >= 11 is 0. The number of benzene rings is 1. The predicted molar refractivity (Wildman–Crippen MR) is 57.5 cm³/mol. The molecule has 5 heteroatoms. The highest BCUT2D eigenvalue weighted by molar-refractivity contribution is 5.94. The van der Waals surface area contributed by atoms with E-state index in [2.05, 4.69) is 0 Å². The first-order chi connectivity index (χ1) is 8.11. The van der Waals surface area contributed by atoms with Crippen LogP contribution in [0.3, 0.4) is 0 Å². The zero-order chi connectivity index (χ0) is 12.4. The Morgan fingerprint density at radius 3 is 2.82 bits per heavy atom. The van der Waals surface area contributed by atoms with Gasteiger partial charge < -0.3 is 10.0 Å². The van der Waals surface area contributed by atoms with Crippen LogP contribution in [0.4, 0.5) is 8.78 Å². The van der Waals surface area contributed by atoms with Crippen molar-refractivity contribution < 1.29 is 18.7 Å². The lowest BCUT2D eigenvalue weighted by Gasteiger charge is -2.16. The number of aliphatic hydroxyl groups is 1. The van der Waals surface area contributed by atoms with Gasteiger partial charge in [0.2, 0.25) is 0 Å². The van der Waals surface area contributed by atoms with Crippen molar-refractivity contribution in [1.29, 1.82) is 0 Å². The number of hydrogen-bond donors (Lipinski definition) is 1. The number of likely N-dealkylation sites (tertiary alicyclic amines) is 1. The summed E-state index contributed by atoms with van der Waals surface area (Å²) in [4.78, 5) is 13.4. The van der Waals surface area contributed by atoms with Gasteiger partial charge >= 0.3 is 0 Å². The lowest BCUT2D eigenvalue weighted by molar-refractivity contribution is 0.0777. The number of carbonyl (C=O) groups is 1. The zero-order valence-electron chi connectivity index (χ0n) is 9.20. The van der Waals surface area contributed by atoms with Crippen LogP contribution >= 0.6 is 0 Å². The third-order valence-corrected chi connectivity index (χ3v) is 2.99. The highest BCUT2D eigenvalue weighted by Gasteiger charge is 2.27. The van der Waals surface area contributed by atoms with Crippen LogP contribution in [0.2, 0.25) is 0 Å². The minimum absolute atomic E-state index is 0.0235. The van der Waals surface area contributed by atoms with Gasteiger partial charge in [-0.3, -0.25) is 4.79 Å². The minimum atomic E-state index is -0.845. The Morgan fingerprint density at radius 2 is 2.24 bits per heavy atom. The van der Waals surface area contributed by atoms with E-state index >= 15 is 0 Å². The van der Waals surface area contributed by atoms with E-state index in [1.54, 1.807) is 0 Å². The maximum Gasteiger partial charge on any atom is 0.256 e. The number of halogens is 2. The van der Waals surface area contributed by atoms with Crippen LogP contribution in [0.5, 0.6) is 0 Å². The average Bonchev–Trinajstić information content (AvgIpc) is 2.76. The summed E-state index contributed by atoms with van der Waals surface area (Å²) in [5.74, 6) is -1.93. The molecule has 1 amide bonds. The molecule has 1 atom stereocenters. The van der Waals surface area contributed by atoms with E-state index in [9.17, 15) is 13.6 Å². The number of carbonyl (C=O) groups excluding carboxylic acids is 1. The van der Waals surface area contributed by atoms with Gasteiger partial charge in [0.05, 0.1) is 5.56 Å². The molecule has 1 fully saturated rings. The van der Waals surface area contributed by atoms with Crippen molar-refractivity contribution in [2.45, 2.75) is 6.42 Å². The summed E-state index contributed by atoms with van der Waals surface area (Å²) in [5.41, 5.74) is -0.120. The molecule has 1 aromatic rings. The van der Waals surface area contributed by atoms with Gasteiger partial charge in [0.15, 0.2) is 0 Å². The Bertz CT molecular complexity index is 437. The summed E-state index contributed by atoms with van der Waals surface area (Å²) in [7, 11) is 0. The third kappa shape index (κ3) is 2.44. The Balaban J connectivity index is 2.15. The second kappa shape index (κ2) is 4.79. The number of nitrogens with zero attached hydrogens (tertiary/aromatic N) is 1. The molecular formula is C12H13F2NO2. The number of hydrogen-bond acceptors (Lipinski definition) is 2. The van der Waals surface area contributed by atoms with Crippen LogP contribution in [0.15, 0.2) is 18.2 Å². The summed E-state index contributed by atoms with van der Waals surface area (Å²) in [5, 5.41) is 8.97. The molecule has 0 radical (unpaired) electrons. The summed E-state index contributed by atoms with van der Waals surface area (Å²) in [6, 6.07) is 2.92. The molecule has 3 nitrogen and oxygen atoms in total. The fourth-order valence-corrected chi connectivity index (χ4v) is 2.00. The Labute approximate surface area is 97.7 Å². The van der Waals surface area contributed by atoms with Crippen molar-refractivity contribution in [2.75, 3.05) is 19.7 Å². The van der Waals surface area contributed by atoms with Gasteiger partial charge in [-0.25, -0.2) is 8.78 Å². The van der Waals surface area contributed by atoms with E-state index in [1.807, 2.05) is 0 Å². The lowest BCUT2D eigenvalue weighted by atomic mass is 10.1. The lowest BCUT2D eigenvalue weighted by Crippen LogP contribution is -2.29. The highest BCUT2D eigenvalue weighted by atomic mass is 19.1. The van der Waals surface area contributed by atoms with Crippen LogP contribution in [0.25, 0.3) is 0 Å². The van der Waals surface area contributed by atoms with Crippen LogP contribution in [0.1, 0.15) is 16.8 Å². The summed E-state index contributed by atoms with van der Waals surface area (Å²) < 4.78 is 26.1. The smallest absolute Gasteiger partial charge is 0.256 e. The monoisotopic (exact) mass is 241 g/mol. The van der Waals surface area contributed by atoms with Crippen molar-refractivity contribution in [2.24, 2.45) is 5.92 Å². The minimum Gasteiger partial charge on any atom is -0.396 e. The quantitative estimate of drug-likeness (QED) is 0.850. The van der Waals surface area contributed by atoms with E-state index in [4.69, 9.17) is 5.11 Å². The number of rotatable bonds is 2. The van der Waals surface area contributed by atoms with Crippen molar-refractivity contribution in [3.8, 4) is 0 Å². The van der Waals surface area contributed by atoms with E-state index in [-0.39, 0.29) is 18.1 Å². The van der Waals surface area contributed by atoms with Crippen molar-refractivity contribution in [3.05, 3.63) is 35.4 Å². The SMILES string of the molecule is O=C(c1ccc(F)cc1F)N1CC[C@@H](CO)C1. The second-order valence-corrected chi connectivity index (χ2v) is 4.21. The molecule has 0 saturated carbocycles. The Hall–Kier alpha value is -1.49. The van der Waals surface area contributed by atoms with Crippen molar-refractivity contribution in [1.82, 2.24) is 4.90 Å². The molecule has 0 spiro atoms. The molecule has 0 unspecified atom stereocenters. The van der Waals surface area contributed by atoms with Gasteiger partial charge in [-0.05, 0) is 18.6 Å². The normalized spacial score (nSPS) is 19.7. The first-order valence-electron chi connectivity index (χ1n) is 5.47. The first kappa shape index (κ1) is 12.0. The van der Waals surface area contributed by atoms with E-state index in [0.717, 1.165) is 12.1 Å². The molecule has 17 heavy (non-hydrogen) atoms. The molecule has 2 rings (SSSR count). The third-order valence-electron chi connectivity index (χ3n) is 2.99. The predicted octanol–water partition coefficient (Wildman–Crippen LogP) is 1.42. The van der Waals surface area contributed by atoms with Crippen molar-refractivity contribution >= 4 is 5.91 Å². The number of amides is 1. The molecular weight excluding hydrogens is 228 g/mol. The summed E-state index contributed by atoms with van der Waals surface area (Å²) in [6.07, 6.45) is 0.713. The molecule has 0 aromatic heterocycles. The largest absolute Gasteiger partial charge is 0.396 e. The van der Waals surface area contributed by atoms with Crippen molar-refractivity contribution in [3.63, 3.8) is 0 Å². The molecule has 0 bridgehead atoms. The van der Waals surface area contributed by atoms with Gasteiger partial charge in [0.25, 0.3) is 5.91 Å². The molecule has 1 aromatic carbocycles. The fraction of sp³-hybridized carbons (Fsp3) is 0.417. The maximum atomic E-state index is 13.4. The van der Waals surface area contributed by atoms with E-state index < -0.39 is 17.5 Å². The van der Waals surface area contributed by atoms with Gasteiger partial charge in [-0.1, -0.05) is 0 Å². The molecule has 1 aliphatic heterocycles. The second-order valence-electron chi connectivity index (χ2n) is 4.21. The van der Waals surface area contributed by atoms with Gasteiger partial charge in [0, 0.05) is 31.7 Å². The molecule has 1 saturated heterocycles. The van der Waals surface area contributed by atoms with Crippen LogP contribution in [0, 0.1) is 17.6 Å². The van der Waals surface area contributed by atoms with Crippen LogP contribution < -0.4 is 0 Å². The van der Waals surface area contributed by atoms with Crippen LogP contribution in [-0.2, 0) is 0 Å².